The molecule has 0 amide bonds. The van der Waals surface area contributed by atoms with Gasteiger partial charge >= 0.3 is 0 Å². The van der Waals surface area contributed by atoms with Gasteiger partial charge in [0.25, 0.3) is 0 Å². The van der Waals surface area contributed by atoms with Crippen molar-refractivity contribution < 1.29 is 4.79 Å². The molecule has 0 aliphatic rings. The lowest BCUT2D eigenvalue weighted by Gasteiger charge is -1.99. The van der Waals surface area contributed by atoms with Gasteiger partial charge in [0, 0.05) is 5.56 Å². The summed E-state index contributed by atoms with van der Waals surface area (Å²) in [7, 11) is 0. The van der Waals surface area contributed by atoms with Crippen LogP contribution in [0.2, 0.25) is 0 Å². The molecule has 0 heterocycles. The molecule has 0 bridgehead atoms. The van der Waals surface area contributed by atoms with Crippen LogP contribution < -0.4 is 0 Å². The average Bonchev–Trinajstić information content (AvgIpc) is 2.26. The first-order valence-corrected chi connectivity index (χ1v) is 3.61. The van der Waals surface area contributed by atoms with Crippen LogP contribution >= 0.6 is 0 Å². The highest BCUT2D eigenvalue weighted by atomic mass is 16.1. The topological polar surface area (TPSA) is 88.4 Å². The van der Waals surface area contributed by atoms with Gasteiger partial charge in [-0.2, -0.15) is 15.8 Å². The normalized spacial score (nSPS) is 8.07. The summed E-state index contributed by atoms with van der Waals surface area (Å²) in [5.41, 5.74) is 0.152. The molecule has 0 aliphatic carbocycles. The van der Waals surface area contributed by atoms with E-state index < -0.39 is 0 Å². The van der Waals surface area contributed by atoms with Crippen molar-refractivity contribution in [1.82, 2.24) is 0 Å². The van der Waals surface area contributed by atoms with E-state index in [9.17, 15) is 4.79 Å². The van der Waals surface area contributed by atoms with Crippen molar-refractivity contribution in [1.29, 1.82) is 15.8 Å². The maximum Gasteiger partial charge on any atom is 0.151 e. The zero-order valence-electron chi connectivity index (χ0n) is 6.98. The summed E-state index contributed by atoms with van der Waals surface area (Å²) in [6, 6.07) is 7.96. The molecule has 0 aliphatic heterocycles. The summed E-state index contributed by atoms with van der Waals surface area (Å²) in [5.74, 6) is 0. The van der Waals surface area contributed by atoms with Crippen molar-refractivity contribution in [2.24, 2.45) is 0 Å². The fourth-order valence-electron chi connectivity index (χ4n) is 1.05. The lowest BCUT2D eigenvalue weighted by molar-refractivity contribution is 0.112. The summed E-state index contributed by atoms with van der Waals surface area (Å²) in [6.45, 7) is 0. The fraction of sp³-hybridized carbons (Fsp3) is 0. The van der Waals surface area contributed by atoms with Crippen LogP contribution in [0.25, 0.3) is 0 Å². The Hall–Kier alpha value is -2.64. The van der Waals surface area contributed by atoms with E-state index in [1.54, 1.807) is 18.2 Å². The number of carbonyl (C=O) groups excluding carboxylic acids is 1. The average molecular weight is 181 g/mol. The van der Waals surface area contributed by atoms with E-state index in [-0.39, 0.29) is 22.3 Å². The number of nitriles is 3. The summed E-state index contributed by atoms with van der Waals surface area (Å²) in [6.07, 6.45) is 0.487. The van der Waals surface area contributed by atoms with E-state index in [4.69, 9.17) is 15.8 Å². The van der Waals surface area contributed by atoms with Gasteiger partial charge in [-0.1, -0.05) is 0 Å². The van der Waals surface area contributed by atoms with E-state index in [0.717, 1.165) is 0 Å². The molecule has 0 unspecified atom stereocenters. The number of carbonyl (C=O) groups is 1. The Balaban J connectivity index is 3.67. The Kier molecular flexibility index (Phi) is 2.60. The fourth-order valence-corrected chi connectivity index (χ4v) is 1.05. The van der Waals surface area contributed by atoms with Gasteiger partial charge < -0.3 is 0 Å². The molecule has 0 aromatic heterocycles. The largest absolute Gasteiger partial charge is 0.298 e. The first-order valence-electron chi connectivity index (χ1n) is 3.61. The summed E-state index contributed by atoms with van der Waals surface area (Å²) in [5, 5.41) is 26.1. The molecule has 1 aromatic carbocycles. The SMILES string of the molecule is N#Cc1ccc(C=O)c(C#N)c1C#N. The van der Waals surface area contributed by atoms with Crippen LogP contribution in [0.1, 0.15) is 27.0 Å². The maximum absolute atomic E-state index is 10.5. The van der Waals surface area contributed by atoms with Crippen LogP contribution in [-0.2, 0) is 0 Å². The van der Waals surface area contributed by atoms with Gasteiger partial charge in [0.05, 0.1) is 16.7 Å². The van der Waals surface area contributed by atoms with Gasteiger partial charge in [-0.3, -0.25) is 4.79 Å². The van der Waals surface area contributed by atoms with Gasteiger partial charge in [-0.05, 0) is 12.1 Å². The predicted molar refractivity (Wildman–Crippen MR) is 46.0 cm³/mol. The van der Waals surface area contributed by atoms with E-state index in [0.29, 0.717) is 6.29 Å². The zero-order valence-corrected chi connectivity index (χ0v) is 6.98. The molecule has 4 heteroatoms. The Morgan fingerprint density at radius 3 is 2.07 bits per heavy atom. The van der Waals surface area contributed by atoms with Gasteiger partial charge in [-0.25, -0.2) is 0 Å². The van der Waals surface area contributed by atoms with E-state index in [1.807, 2.05) is 0 Å². The third kappa shape index (κ3) is 1.31. The molecule has 64 valence electrons. The maximum atomic E-state index is 10.5. The highest BCUT2D eigenvalue weighted by Gasteiger charge is 2.11. The Bertz CT molecular complexity index is 512. The molecule has 0 atom stereocenters. The Morgan fingerprint density at radius 1 is 1.00 bits per heavy atom. The summed E-state index contributed by atoms with van der Waals surface area (Å²) < 4.78 is 0. The molecule has 0 radical (unpaired) electrons. The molecule has 0 saturated carbocycles. The monoisotopic (exact) mass is 181 g/mol. The Labute approximate surface area is 80.2 Å². The quantitative estimate of drug-likeness (QED) is 0.607. The number of hydrogen-bond donors (Lipinski definition) is 0. The molecule has 0 spiro atoms. The van der Waals surface area contributed by atoms with Crippen LogP contribution in [0.5, 0.6) is 0 Å². The molecule has 0 fully saturated rings. The van der Waals surface area contributed by atoms with Crippen molar-refractivity contribution in [2.75, 3.05) is 0 Å². The molecule has 1 rings (SSSR count). The molecular weight excluding hydrogens is 178 g/mol. The van der Waals surface area contributed by atoms with Gasteiger partial charge in [0.2, 0.25) is 0 Å². The molecular formula is C10H3N3O. The number of hydrogen-bond acceptors (Lipinski definition) is 4. The highest BCUT2D eigenvalue weighted by molar-refractivity contribution is 5.81. The van der Waals surface area contributed by atoms with Crippen LogP contribution in [0.3, 0.4) is 0 Å². The molecule has 0 N–H and O–H groups in total. The van der Waals surface area contributed by atoms with Crippen molar-refractivity contribution in [3.8, 4) is 18.2 Å². The van der Waals surface area contributed by atoms with E-state index in [1.165, 1.54) is 12.1 Å². The second-order valence-electron chi connectivity index (χ2n) is 2.41. The van der Waals surface area contributed by atoms with Crippen LogP contribution in [0.15, 0.2) is 12.1 Å². The van der Waals surface area contributed by atoms with Crippen molar-refractivity contribution in [3.63, 3.8) is 0 Å². The third-order valence-corrected chi connectivity index (χ3v) is 1.71. The third-order valence-electron chi connectivity index (χ3n) is 1.71. The minimum absolute atomic E-state index is 0.0402. The molecule has 14 heavy (non-hydrogen) atoms. The van der Waals surface area contributed by atoms with Crippen molar-refractivity contribution in [2.45, 2.75) is 0 Å². The lowest BCUT2D eigenvalue weighted by Crippen LogP contribution is -1.95. The summed E-state index contributed by atoms with van der Waals surface area (Å²) in [4.78, 5) is 10.5. The molecule has 4 nitrogen and oxygen atoms in total. The van der Waals surface area contributed by atoms with Crippen LogP contribution in [0, 0.1) is 34.0 Å². The van der Waals surface area contributed by atoms with E-state index >= 15 is 0 Å². The van der Waals surface area contributed by atoms with Gasteiger partial charge in [0.1, 0.15) is 18.2 Å². The zero-order chi connectivity index (χ0) is 10.6. The van der Waals surface area contributed by atoms with Gasteiger partial charge in [-0.15, -0.1) is 0 Å². The summed E-state index contributed by atoms with van der Waals surface area (Å²) >= 11 is 0. The highest BCUT2D eigenvalue weighted by Crippen LogP contribution is 2.15. The molecule has 1 aromatic rings. The molecule has 0 saturated heterocycles. The smallest absolute Gasteiger partial charge is 0.151 e. The van der Waals surface area contributed by atoms with Gasteiger partial charge in [0.15, 0.2) is 6.29 Å². The van der Waals surface area contributed by atoms with Crippen LogP contribution in [0.4, 0.5) is 0 Å². The number of aldehydes is 1. The number of nitrogens with zero attached hydrogens (tertiary/aromatic N) is 3. The first kappa shape index (κ1) is 9.45. The Morgan fingerprint density at radius 2 is 1.64 bits per heavy atom. The first-order chi connectivity index (χ1) is 6.78. The van der Waals surface area contributed by atoms with Crippen molar-refractivity contribution >= 4 is 6.29 Å². The standard InChI is InChI=1S/C10H3N3O/c11-3-7-1-2-8(6-14)10(5-13)9(7)4-12/h1-2,6H. The second-order valence-corrected chi connectivity index (χ2v) is 2.41. The number of rotatable bonds is 1. The second kappa shape index (κ2) is 3.85. The minimum atomic E-state index is -0.0420. The van der Waals surface area contributed by atoms with Crippen molar-refractivity contribution in [3.05, 3.63) is 34.4 Å². The van der Waals surface area contributed by atoms with E-state index in [2.05, 4.69) is 0 Å². The minimum Gasteiger partial charge on any atom is -0.298 e. The predicted octanol–water partition coefficient (Wildman–Crippen LogP) is 1.11. The van der Waals surface area contributed by atoms with Crippen LogP contribution in [-0.4, -0.2) is 6.29 Å². The lowest BCUT2D eigenvalue weighted by atomic mass is 9.99. The number of benzene rings is 1.